The molecule has 0 unspecified atom stereocenters. The lowest BCUT2D eigenvalue weighted by atomic mass is 9.98. The maximum Gasteiger partial charge on any atom is 0.303 e. The molecule has 8 nitrogen and oxygen atoms in total. The van der Waals surface area contributed by atoms with Gasteiger partial charge in [-0.2, -0.15) is 0 Å². The molecule has 0 atom stereocenters. The van der Waals surface area contributed by atoms with Crippen LogP contribution in [0.3, 0.4) is 0 Å². The molecule has 0 aromatic carbocycles. The van der Waals surface area contributed by atoms with Gasteiger partial charge in [-0.15, -0.1) is 0 Å². The Kier molecular flexibility index (Phi) is 8.18. The van der Waals surface area contributed by atoms with E-state index in [1.54, 1.807) is 24.3 Å². The smallest absolute Gasteiger partial charge is 0.303 e. The van der Waals surface area contributed by atoms with Crippen molar-refractivity contribution in [3.63, 3.8) is 0 Å². The van der Waals surface area contributed by atoms with E-state index in [1.807, 2.05) is 38.1 Å². The highest BCUT2D eigenvalue weighted by Gasteiger charge is 2.23. The van der Waals surface area contributed by atoms with Crippen molar-refractivity contribution < 1.29 is 19.8 Å². The zero-order valence-corrected chi connectivity index (χ0v) is 24.9. The first-order valence-electron chi connectivity index (χ1n) is 14.3. The molecule has 0 saturated carbocycles. The second-order valence-electron chi connectivity index (χ2n) is 10.7. The first kappa shape index (κ1) is 30.0. The van der Waals surface area contributed by atoms with Gasteiger partial charge in [-0.25, -0.2) is 9.97 Å². The molecule has 2 aliphatic rings. The molecule has 5 heterocycles. The lowest BCUT2D eigenvalue weighted by molar-refractivity contribution is -0.137. The SMILES string of the molecule is C=Cc1c(C=C)c2cc3[nH]c(cc4nc(cc5nc(cc1[nH]2)C(C)=C5CCC(=O)O)C(CCC(=O)O)=C4C)c(C=C)c3C=C. The molecule has 5 rings (SSSR count). The maximum atomic E-state index is 11.6. The van der Waals surface area contributed by atoms with Gasteiger partial charge in [0.15, 0.2) is 0 Å². The number of fused-ring (bicyclic) bond motifs is 8. The summed E-state index contributed by atoms with van der Waals surface area (Å²) < 4.78 is 0. The van der Waals surface area contributed by atoms with Crippen LogP contribution in [0, 0.1) is 0 Å². The maximum absolute atomic E-state index is 11.6. The quantitative estimate of drug-likeness (QED) is 0.188. The van der Waals surface area contributed by atoms with Crippen LogP contribution in [-0.4, -0.2) is 42.1 Å². The number of carbonyl (C=O) groups is 2. The Morgan fingerprint density at radius 1 is 0.614 bits per heavy atom. The lowest BCUT2D eigenvalue weighted by Crippen LogP contribution is -1.97. The van der Waals surface area contributed by atoms with Crippen LogP contribution in [0.4, 0.5) is 0 Å². The zero-order chi connectivity index (χ0) is 31.7. The second kappa shape index (κ2) is 12.0. The lowest BCUT2D eigenvalue weighted by Gasteiger charge is -2.05. The second-order valence-corrected chi connectivity index (χ2v) is 10.7. The summed E-state index contributed by atoms with van der Waals surface area (Å²) in [4.78, 5) is 40.0. The minimum atomic E-state index is -0.905. The number of hydrogen-bond donors (Lipinski definition) is 4. The Balaban J connectivity index is 1.97. The fraction of sp³-hybridized carbons (Fsp3) is 0.167. The number of allylic oxidation sites excluding steroid dienone is 4. The molecule has 44 heavy (non-hydrogen) atoms. The highest BCUT2D eigenvalue weighted by atomic mass is 16.4. The van der Waals surface area contributed by atoms with Gasteiger partial charge in [0.05, 0.1) is 22.8 Å². The minimum Gasteiger partial charge on any atom is -0.481 e. The molecule has 0 amide bonds. The van der Waals surface area contributed by atoms with Crippen LogP contribution in [0.15, 0.2) is 50.6 Å². The van der Waals surface area contributed by atoms with Crippen molar-refractivity contribution in [2.24, 2.45) is 0 Å². The summed E-state index contributed by atoms with van der Waals surface area (Å²) in [5, 5.41) is 19.0. The van der Waals surface area contributed by atoms with Crippen molar-refractivity contribution in [1.82, 2.24) is 19.9 Å². The molecule has 0 aliphatic carbocycles. The van der Waals surface area contributed by atoms with Crippen LogP contribution < -0.4 is 0 Å². The molecule has 3 aromatic rings. The van der Waals surface area contributed by atoms with Crippen LogP contribution in [0.25, 0.3) is 68.7 Å². The summed E-state index contributed by atoms with van der Waals surface area (Å²) in [5.74, 6) is -1.81. The molecule has 0 fully saturated rings. The standard InChI is InChI=1S/C36H34N4O4/c1-7-21-23(9-3)31-17-32-24(10-4)22(8-2)30(40-32)16-28-20(6)26(12-14-36(43)44)34(38-28)18-33-25(11-13-35(41)42)19(5)27(37-33)15-29(21)39-31/h7-10,15-18,39-40H,1-4,11-14H2,5-6H3,(H,41,42)(H,43,44). The Labute approximate surface area is 255 Å². The van der Waals surface area contributed by atoms with Crippen molar-refractivity contribution in [2.45, 2.75) is 39.5 Å². The number of nitrogens with one attached hydrogen (secondary N) is 2. The number of carboxylic acids is 2. The molecule has 8 bridgehead atoms. The van der Waals surface area contributed by atoms with E-state index in [4.69, 9.17) is 9.97 Å². The third-order valence-corrected chi connectivity index (χ3v) is 8.17. The van der Waals surface area contributed by atoms with Crippen molar-refractivity contribution in [3.05, 3.63) is 95.6 Å². The van der Waals surface area contributed by atoms with Gasteiger partial charge in [-0.1, -0.05) is 50.6 Å². The van der Waals surface area contributed by atoms with Crippen LogP contribution in [0.5, 0.6) is 0 Å². The molecule has 2 aliphatic heterocycles. The number of aromatic amines is 2. The molecular formula is C36H34N4O4. The Bertz CT molecular complexity index is 1880. The van der Waals surface area contributed by atoms with Gasteiger partial charge in [0.2, 0.25) is 0 Å². The summed E-state index contributed by atoms with van der Waals surface area (Å²) in [5.41, 5.74) is 12.5. The van der Waals surface area contributed by atoms with E-state index in [1.165, 1.54) is 0 Å². The van der Waals surface area contributed by atoms with Gasteiger partial charge in [0.1, 0.15) is 0 Å². The van der Waals surface area contributed by atoms with Gasteiger partial charge < -0.3 is 20.2 Å². The average molecular weight is 587 g/mol. The number of nitrogens with zero attached hydrogens (tertiary/aromatic N) is 2. The monoisotopic (exact) mass is 586 g/mol. The first-order valence-corrected chi connectivity index (χ1v) is 14.3. The number of carboxylic acid groups (broad SMARTS) is 2. The summed E-state index contributed by atoms with van der Waals surface area (Å²) >= 11 is 0. The Hall–Kier alpha value is -5.50. The third kappa shape index (κ3) is 5.38. The summed E-state index contributed by atoms with van der Waals surface area (Å²) in [7, 11) is 0. The van der Waals surface area contributed by atoms with E-state index < -0.39 is 11.9 Å². The third-order valence-electron chi connectivity index (χ3n) is 8.17. The zero-order valence-electron chi connectivity index (χ0n) is 24.9. The van der Waals surface area contributed by atoms with E-state index in [0.717, 1.165) is 66.6 Å². The number of aliphatic carboxylic acids is 2. The number of rotatable bonds is 10. The number of hydrogen-bond acceptors (Lipinski definition) is 4. The molecule has 4 N–H and O–H groups in total. The van der Waals surface area contributed by atoms with Crippen LogP contribution in [-0.2, 0) is 9.59 Å². The normalized spacial score (nSPS) is 12.8. The number of H-pyrrole nitrogens is 2. The van der Waals surface area contributed by atoms with Crippen molar-refractivity contribution in [3.8, 4) is 0 Å². The number of aromatic nitrogens is 4. The van der Waals surface area contributed by atoms with E-state index in [9.17, 15) is 19.8 Å². The van der Waals surface area contributed by atoms with E-state index in [0.29, 0.717) is 22.8 Å². The highest BCUT2D eigenvalue weighted by Crippen LogP contribution is 2.38. The molecule has 0 spiro atoms. The van der Waals surface area contributed by atoms with Crippen molar-refractivity contribution >= 4 is 80.6 Å². The van der Waals surface area contributed by atoms with Gasteiger partial charge in [-0.05, 0) is 73.2 Å². The minimum absolute atomic E-state index is 0.0593. The predicted octanol–water partition coefficient (Wildman–Crippen LogP) is 8.48. The molecule has 3 aromatic heterocycles. The van der Waals surface area contributed by atoms with Gasteiger partial charge in [0, 0.05) is 57.2 Å². The molecule has 0 saturated heterocycles. The molecular weight excluding hydrogens is 552 g/mol. The topological polar surface area (TPSA) is 132 Å². The van der Waals surface area contributed by atoms with Crippen LogP contribution in [0.2, 0.25) is 0 Å². The van der Waals surface area contributed by atoms with E-state index in [-0.39, 0.29) is 25.7 Å². The Morgan fingerprint density at radius 2 is 0.955 bits per heavy atom. The first-order chi connectivity index (χ1) is 21.1. The molecule has 222 valence electrons. The van der Waals surface area contributed by atoms with Crippen molar-refractivity contribution in [1.29, 1.82) is 0 Å². The van der Waals surface area contributed by atoms with Crippen molar-refractivity contribution in [2.75, 3.05) is 0 Å². The van der Waals surface area contributed by atoms with Crippen LogP contribution in [0.1, 0.15) is 84.6 Å². The molecule has 0 radical (unpaired) electrons. The molecule has 8 heteroatoms. The van der Waals surface area contributed by atoms with Gasteiger partial charge >= 0.3 is 11.9 Å². The highest BCUT2D eigenvalue weighted by molar-refractivity contribution is 5.98. The average Bonchev–Trinajstić information content (AvgIpc) is 3.67. The predicted molar refractivity (Wildman–Crippen MR) is 180 cm³/mol. The summed E-state index contributed by atoms with van der Waals surface area (Å²) in [6, 6.07) is 7.70. The van der Waals surface area contributed by atoms with E-state index >= 15 is 0 Å². The Morgan fingerprint density at radius 3 is 1.27 bits per heavy atom. The fourth-order valence-electron chi connectivity index (χ4n) is 5.89. The largest absolute Gasteiger partial charge is 0.481 e. The van der Waals surface area contributed by atoms with Gasteiger partial charge in [-0.3, -0.25) is 9.59 Å². The van der Waals surface area contributed by atoms with Crippen LogP contribution >= 0.6 is 0 Å². The fourth-order valence-corrected chi connectivity index (χ4v) is 5.89. The summed E-state index contributed by atoms with van der Waals surface area (Å²) in [6.07, 6.45) is 7.55. The summed E-state index contributed by atoms with van der Waals surface area (Å²) in [6.45, 7) is 20.0. The van der Waals surface area contributed by atoms with Gasteiger partial charge in [0.25, 0.3) is 0 Å². The van der Waals surface area contributed by atoms with E-state index in [2.05, 4.69) is 36.3 Å².